The molecule has 0 bridgehead atoms. The van der Waals surface area contributed by atoms with E-state index in [9.17, 15) is 13.6 Å². The van der Waals surface area contributed by atoms with Gasteiger partial charge in [0.1, 0.15) is 5.75 Å². The van der Waals surface area contributed by atoms with Crippen LogP contribution in [0.2, 0.25) is 5.02 Å². The molecule has 0 aromatic heterocycles. The van der Waals surface area contributed by atoms with E-state index in [-0.39, 0.29) is 29.1 Å². The second-order valence-electron chi connectivity index (χ2n) is 5.32. The predicted molar refractivity (Wildman–Crippen MR) is 84.2 cm³/mol. The minimum absolute atomic E-state index is 0. The van der Waals surface area contributed by atoms with Crippen LogP contribution in [0.4, 0.5) is 14.5 Å². The highest BCUT2D eigenvalue weighted by molar-refractivity contribution is 6.32. The van der Waals surface area contributed by atoms with Gasteiger partial charge in [0.15, 0.2) is 0 Å². The summed E-state index contributed by atoms with van der Waals surface area (Å²) in [6, 6.07) is 4.20. The molecule has 1 saturated heterocycles. The number of ether oxygens (including phenoxy) is 1. The highest BCUT2D eigenvalue weighted by Gasteiger charge is 2.34. The minimum Gasteiger partial charge on any atom is -0.433 e. The number of carbonyl (C=O) groups is 1. The summed E-state index contributed by atoms with van der Waals surface area (Å²) in [6.07, 6.45) is 1.73. The van der Waals surface area contributed by atoms with E-state index in [1.165, 1.54) is 18.2 Å². The van der Waals surface area contributed by atoms with Gasteiger partial charge in [-0.3, -0.25) is 4.79 Å². The standard InChI is InChI=1S/C14H17ClF2N2O2.ClH/c1-14(5-2-6-18-8-14)12(20)19-9-3-4-11(10(15)7-9)21-13(16)17;/h3-4,7,13,18H,2,5-6,8H2,1H3,(H,19,20);1H. The van der Waals surface area contributed by atoms with Crippen molar-refractivity contribution in [2.24, 2.45) is 5.41 Å². The van der Waals surface area contributed by atoms with Gasteiger partial charge >= 0.3 is 6.61 Å². The molecule has 0 spiro atoms. The van der Waals surface area contributed by atoms with Crippen LogP contribution in [0.3, 0.4) is 0 Å². The Morgan fingerprint density at radius 1 is 1.50 bits per heavy atom. The third-order valence-electron chi connectivity index (χ3n) is 3.55. The number of hydrogen-bond donors (Lipinski definition) is 2. The van der Waals surface area contributed by atoms with Crippen molar-refractivity contribution in [1.82, 2.24) is 5.32 Å². The predicted octanol–water partition coefficient (Wildman–Crippen LogP) is 3.69. The van der Waals surface area contributed by atoms with Gasteiger partial charge in [-0.05, 0) is 44.5 Å². The summed E-state index contributed by atoms with van der Waals surface area (Å²) < 4.78 is 28.5. The Morgan fingerprint density at radius 3 is 2.77 bits per heavy atom. The lowest BCUT2D eigenvalue weighted by atomic mass is 9.82. The molecule has 1 aliphatic heterocycles. The van der Waals surface area contributed by atoms with Gasteiger partial charge in [-0.1, -0.05) is 11.6 Å². The van der Waals surface area contributed by atoms with Crippen molar-refractivity contribution in [3.8, 4) is 5.75 Å². The van der Waals surface area contributed by atoms with Crippen LogP contribution < -0.4 is 15.4 Å². The summed E-state index contributed by atoms with van der Waals surface area (Å²) in [7, 11) is 0. The van der Waals surface area contributed by atoms with E-state index in [1.54, 1.807) is 0 Å². The number of alkyl halides is 2. The van der Waals surface area contributed by atoms with E-state index in [0.29, 0.717) is 12.2 Å². The van der Waals surface area contributed by atoms with E-state index in [0.717, 1.165) is 19.4 Å². The summed E-state index contributed by atoms with van der Waals surface area (Å²) in [5.74, 6) is -0.233. The van der Waals surface area contributed by atoms with E-state index >= 15 is 0 Å². The lowest BCUT2D eigenvalue weighted by Crippen LogP contribution is -2.46. The maximum absolute atomic E-state index is 12.3. The topological polar surface area (TPSA) is 50.4 Å². The minimum atomic E-state index is -2.94. The number of nitrogens with one attached hydrogen (secondary N) is 2. The molecular weight excluding hydrogens is 337 g/mol. The Hall–Kier alpha value is -1.11. The fourth-order valence-corrected chi connectivity index (χ4v) is 2.53. The number of benzene rings is 1. The average Bonchev–Trinajstić information content (AvgIpc) is 2.42. The first-order valence-corrected chi connectivity index (χ1v) is 7.05. The van der Waals surface area contributed by atoms with Crippen molar-refractivity contribution in [2.45, 2.75) is 26.4 Å². The Labute approximate surface area is 139 Å². The zero-order chi connectivity index (χ0) is 15.5. The van der Waals surface area contributed by atoms with Crippen LogP contribution in [0.1, 0.15) is 19.8 Å². The van der Waals surface area contributed by atoms with Gasteiger partial charge in [0.25, 0.3) is 0 Å². The third kappa shape index (κ3) is 4.69. The van der Waals surface area contributed by atoms with E-state index < -0.39 is 12.0 Å². The molecule has 1 amide bonds. The van der Waals surface area contributed by atoms with Crippen molar-refractivity contribution < 1.29 is 18.3 Å². The van der Waals surface area contributed by atoms with Crippen molar-refractivity contribution >= 4 is 35.6 Å². The monoisotopic (exact) mass is 354 g/mol. The summed E-state index contributed by atoms with van der Waals surface area (Å²) >= 11 is 5.86. The molecule has 1 aromatic carbocycles. The number of amides is 1. The zero-order valence-electron chi connectivity index (χ0n) is 12.0. The van der Waals surface area contributed by atoms with Gasteiger partial charge in [-0.2, -0.15) is 8.78 Å². The quantitative estimate of drug-likeness (QED) is 0.866. The van der Waals surface area contributed by atoms with Crippen molar-refractivity contribution in [3.05, 3.63) is 23.2 Å². The van der Waals surface area contributed by atoms with Crippen molar-refractivity contribution in [3.63, 3.8) is 0 Å². The summed E-state index contributed by atoms with van der Waals surface area (Å²) in [5.41, 5.74) is -0.0264. The molecule has 124 valence electrons. The highest BCUT2D eigenvalue weighted by Crippen LogP contribution is 2.31. The molecule has 1 unspecified atom stereocenters. The molecule has 0 aliphatic carbocycles. The second-order valence-corrected chi connectivity index (χ2v) is 5.73. The molecule has 0 radical (unpaired) electrons. The maximum atomic E-state index is 12.3. The number of carbonyl (C=O) groups excluding carboxylic acids is 1. The Morgan fingerprint density at radius 2 is 2.23 bits per heavy atom. The zero-order valence-corrected chi connectivity index (χ0v) is 13.6. The van der Waals surface area contributed by atoms with Gasteiger partial charge in [-0.25, -0.2) is 0 Å². The Kier molecular flexibility index (Phi) is 6.84. The molecule has 1 aliphatic rings. The molecule has 1 aromatic rings. The van der Waals surface area contributed by atoms with E-state index in [4.69, 9.17) is 11.6 Å². The summed E-state index contributed by atoms with van der Waals surface area (Å²) in [5, 5.41) is 5.99. The van der Waals surface area contributed by atoms with Gasteiger partial charge in [0, 0.05) is 12.2 Å². The number of hydrogen-bond acceptors (Lipinski definition) is 3. The van der Waals surface area contributed by atoms with Gasteiger partial charge in [0.05, 0.1) is 10.4 Å². The largest absolute Gasteiger partial charge is 0.433 e. The molecule has 2 N–H and O–H groups in total. The summed E-state index contributed by atoms with van der Waals surface area (Å²) in [4.78, 5) is 12.3. The van der Waals surface area contributed by atoms with Crippen LogP contribution >= 0.6 is 24.0 Å². The normalized spacial score (nSPS) is 21.1. The average molecular weight is 355 g/mol. The third-order valence-corrected chi connectivity index (χ3v) is 3.85. The Balaban J connectivity index is 0.00000242. The molecule has 0 saturated carbocycles. The maximum Gasteiger partial charge on any atom is 0.387 e. The number of piperidine rings is 1. The van der Waals surface area contributed by atoms with E-state index in [2.05, 4.69) is 15.4 Å². The molecule has 1 heterocycles. The number of rotatable bonds is 4. The molecule has 8 heteroatoms. The van der Waals surface area contributed by atoms with Gasteiger partial charge in [-0.15, -0.1) is 12.4 Å². The smallest absolute Gasteiger partial charge is 0.387 e. The fourth-order valence-electron chi connectivity index (χ4n) is 2.30. The molecule has 1 fully saturated rings. The molecule has 1 atom stereocenters. The SMILES string of the molecule is CC1(C(=O)Nc2ccc(OC(F)F)c(Cl)c2)CCCNC1.Cl. The molecule has 22 heavy (non-hydrogen) atoms. The molecule has 2 rings (SSSR count). The molecule has 4 nitrogen and oxygen atoms in total. The van der Waals surface area contributed by atoms with Crippen LogP contribution in [0.25, 0.3) is 0 Å². The van der Waals surface area contributed by atoms with Crippen LogP contribution in [0.15, 0.2) is 18.2 Å². The Bertz CT molecular complexity index is 524. The van der Waals surface area contributed by atoms with Gasteiger partial charge in [0.2, 0.25) is 5.91 Å². The van der Waals surface area contributed by atoms with Crippen molar-refractivity contribution in [2.75, 3.05) is 18.4 Å². The lowest BCUT2D eigenvalue weighted by Gasteiger charge is -2.32. The van der Waals surface area contributed by atoms with E-state index in [1.807, 2.05) is 6.92 Å². The first-order chi connectivity index (χ1) is 9.90. The summed E-state index contributed by atoms with van der Waals surface area (Å²) in [6.45, 7) is 0.480. The number of anilines is 1. The molecular formula is C14H18Cl2F2N2O2. The van der Waals surface area contributed by atoms with Crippen LogP contribution in [-0.4, -0.2) is 25.6 Å². The lowest BCUT2D eigenvalue weighted by molar-refractivity contribution is -0.125. The van der Waals surface area contributed by atoms with Gasteiger partial charge < -0.3 is 15.4 Å². The van der Waals surface area contributed by atoms with Crippen LogP contribution in [0, 0.1) is 5.41 Å². The van der Waals surface area contributed by atoms with Crippen LogP contribution in [-0.2, 0) is 4.79 Å². The highest BCUT2D eigenvalue weighted by atomic mass is 35.5. The van der Waals surface area contributed by atoms with Crippen molar-refractivity contribution in [1.29, 1.82) is 0 Å². The van der Waals surface area contributed by atoms with Crippen LogP contribution in [0.5, 0.6) is 5.75 Å². The second kappa shape index (κ2) is 7.94. The first kappa shape index (κ1) is 18.9. The fraction of sp³-hybridized carbons (Fsp3) is 0.500. The first-order valence-electron chi connectivity index (χ1n) is 6.67. The number of halogens is 4.